The molecule has 0 aliphatic rings. The number of hydrogen-bond donors (Lipinski definition) is 1. The fourth-order valence-electron chi connectivity index (χ4n) is 1.30. The van der Waals surface area contributed by atoms with E-state index in [-0.39, 0.29) is 11.0 Å². The number of carbonyl (C=O) groups is 1. The first-order valence-electron chi connectivity index (χ1n) is 4.81. The second kappa shape index (κ2) is 5.05. The zero-order chi connectivity index (χ0) is 13.1. The van der Waals surface area contributed by atoms with Crippen molar-refractivity contribution >= 4 is 23.3 Å². The number of rotatable bonds is 2. The molecule has 0 saturated carbocycles. The molecule has 2 aromatic rings. The maximum Gasteiger partial charge on any atom is 0.262 e. The van der Waals surface area contributed by atoms with Gasteiger partial charge in [0.2, 0.25) is 0 Å². The van der Waals surface area contributed by atoms with Crippen molar-refractivity contribution < 1.29 is 13.6 Å². The summed E-state index contributed by atoms with van der Waals surface area (Å²) in [5, 5.41) is 2.33. The van der Waals surface area contributed by atoms with Crippen LogP contribution in [0.5, 0.6) is 0 Å². The van der Waals surface area contributed by atoms with Gasteiger partial charge in [-0.3, -0.25) is 4.79 Å². The number of halogens is 3. The summed E-state index contributed by atoms with van der Waals surface area (Å²) in [5.41, 5.74) is -0.674. The number of nitrogens with zero attached hydrogens (tertiary/aromatic N) is 2. The molecule has 0 atom stereocenters. The molecule has 4 nitrogen and oxygen atoms in total. The van der Waals surface area contributed by atoms with Gasteiger partial charge in [-0.15, -0.1) is 0 Å². The fraction of sp³-hybridized carbons (Fsp3) is 0. The van der Waals surface area contributed by atoms with Gasteiger partial charge in [0.1, 0.15) is 34.5 Å². The normalized spacial score (nSPS) is 10.2. The van der Waals surface area contributed by atoms with Crippen molar-refractivity contribution in [3.8, 4) is 0 Å². The lowest BCUT2D eigenvalue weighted by atomic mass is 10.2. The Hall–Kier alpha value is -2.08. The van der Waals surface area contributed by atoms with Crippen LogP contribution in [0.1, 0.15) is 10.4 Å². The third-order valence-electron chi connectivity index (χ3n) is 2.07. The van der Waals surface area contributed by atoms with Gasteiger partial charge in [-0.05, 0) is 12.1 Å². The summed E-state index contributed by atoms with van der Waals surface area (Å²) < 4.78 is 26.6. The summed E-state index contributed by atoms with van der Waals surface area (Å²) in [6.45, 7) is 0. The number of anilines is 1. The molecule has 1 N–H and O–H groups in total. The molecule has 0 aliphatic carbocycles. The van der Waals surface area contributed by atoms with Gasteiger partial charge in [-0.1, -0.05) is 17.7 Å². The minimum absolute atomic E-state index is 0.0580. The molecule has 0 spiro atoms. The van der Waals surface area contributed by atoms with Crippen LogP contribution in [0.3, 0.4) is 0 Å². The monoisotopic (exact) mass is 269 g/mol. The Labute approximate surface area is 106 Å². The van der Waals surface area contributed by atoms with Gasteiger partial charge in [0, 0.05) is 6.07 Å². The summed E-state index contributed by atoms with van der Waals surface area (Å²) in [6.07, 6.45) is 1.12. The van der Waals surface area contributed by atoms with Crippen molar-refractivity contribution in [3.05, 3.63) is 52.9 Å². The maximum absolute atomic E-state index is 13.3. The summed E-state index contributed by atoms with van der Waals surface area (Å²) in [4.78, 5) is 19.0. The topological polar surface area (TPSA) is 54.9 Å². The van der Waals surface area contributed by atoms with Gasteiger partial charge in [-0.25, -0.2) is 18.7 Å². The molecule has 0 saturated heterocycles. The molecule has 7 heteroatoms. The Morgan fingerprint density at radius 3 is 2.50 bits per heavy atom. The molecule has 92 valence electrons. The largest absolute Gasteiger partial charge is 0.306 e. The van der Waals surface area contributed by atoms with Gasteiger partial charge >= 0.3 is 0 Å². The SMILES string of the molecule is O=C(Nc1cc(Cl)ncn1)c1c(F)cccc1F. The Morgan fingerprint density at radius 1 is 1.22 bits per heavy atom. The second-order valence-corrected chi connectivity index (χ2v) is 3.66. The van der Waals surface area contributed by atoms with Crippen LogP contribution in [0.25, 0.3) is 0 Å². The second-order valence-electron chi connectivity index (χ2n) is 3.28. The number of hydrogen-bond acceptors (Lipinski definition) is 3. The first-order chi connectivity index (χ1) is 8.58. The van der Waals surface area contributed by atoms with Crippen LogP contribution in [0, 0.1) is 11.6 Å². The maximum atomic E-state index is 13.3. The van der Waals surface area contributed by atoms with E-state index in [2.05, 4.69) is 15.3 Å². The highest BCUT2D eigenvalue weighted by molar-refractivity contribution is 6.29. The standard InChI is InChI=1S/C11H6ClF2N3O/c12-8-4-9(16-5-15-8)17-11(18)10-6(13)2-1-3-7(10)14/h1-5H,(H,15,16,17,18). The Morgan fingerprint density at radius 2 is 1.89 bits per heavy atom. The van der Waals surface area contributed by atoms with Gasteiger partial charge in [-0.2, -0.15) is 0 Å². The predicted molar refractivity (Wildman–Crippen MR) is 61.4 cm³/mol. The zero-order valence-electron chi connectivity index (χ0n) is 8.82. The molecule has 1 heterocycles. The molecule has 1 aromatic carbocycles. The number of carbonyl (C=O) groups excluding carboxylic acids is 1. The smallest absolute Gasteiger partial charge is 0.262 e. The lowest BCUT2D eigenvalue weighted by Gasteiger charge is -2.06. The van der Waals surface area contributed by atoms with Crippen LogP contribution in [-0.2, 0) is 0 Å². The Kier molecular flexibility index (Phi) is 3.47. The highest BCUT2D eigenvalue weighted by atomic mass is 35.5. The average Bonchev–Trinajstić information content (AvgIpc) is 2.28. The molecule has 0 unspecified atom stereocenters. The van der Waals surface area contributed by atoms with Gasteiger partial charge in [0.05, 0.1) is 0 Å². The lowest BCUT2D eigenvalue weighted by molar-refractivity contribution is 0.101. The molecule has 1 amide bonds. The van der Waals surface area contributed by atoms with Crippen molar-refractivity contribution in [2.24, 2.45) is 0 Å². The van der Waals surface area contributed by atoms with E-state index < -0.39 is 23.1 Å². The van der Waals surface area contributed by atoms with Crippen LogP contribution in [0.2, 0.25) is 5.15 Å². The predicted octanol–water partition coefficient (Wildman–Crippen LogP) is 2.66. The molecular weight excluding hydrogens is 264 g/mol. The van der Waals surface area contributed by atoms with Gasteiger partial charge in [0.15, 0.2) is 0 Å². The molecule has 0 bridgehead atoms. The Bertz CT molecular complexity index is 586. The summed E-state index contributed by atoms with van der Waals surface area (Å²) >= 11 is 5.59. The van der Waals surface area contributed by atoms with Crippen LogP contribution < -0.4 is 5.32 Å². The molecule has 0 radical (unpaired) electrons. The molecular formula is C11H6ClF2N3O. The van der Waals surface area contributed by atoms with Gasteiger partial charge < -0.3 is 5.32 Å². The minimum Gasteiger partial charge on any atom is -0.306 e. The average molecular weight is 270 g/mol. The van der Waals surface area contributed by atoms with E-state index in [1.54, 1.807) is 0 Å². The minimum atomic E-state index is -0.951. The molecule has 0 aliphatic heterocycles. The van der Waals surface area contributed by atoms with Gasteiger partial charge in [0.25, 0.3) is 5.91 Å². The summed E-state index contributed by atoms with van der Waals surface area (Å²) in [6, 6.07) is 4.41. The highest BCUT2D eigenvalue weighted by Gasteiger charge is 2.17. The molecule has 18 heavy (non-hydrogen) atoms. The summed E-state index contributed by atoms with van der Waals surface area (Å²) in [7, 11) is 0. The first kappa shape index (κ1) is 12.4. The van der Waals surface area contributed by atoms with Crippen molar-refractivity contribution in [2.75, 3.05) is 5.32 Å². The van der Waals surface area contributed by atoms with Crippen molar-refractivity contribution in [3.63, 3.8) is 0 Å². The number of benzene rings is 1. The summed E-state index contributed by atoms with van der Waals surface area (Å²) in [5.74, 6) is -2.79. The first-order valence-corrected chi connectivity index (χ1v) is 5.18. The van der Waals surface area contributed by atoms with Crippen LogP contribution >= 0.6 is 11.6 Å². The third-order valence-corrected chi connectivity index (χ3v) is 2.27. The van der Waals surface area contributed by atoms with Crippen LogP contribution in [0.4, 0.5) is 14.6 Å². The fourth-order valence-corrected chi connectivity index (χ4v) is 1.44. The van der Waals surface area contributed by atoms with Crippen molar-refractivity contribution in [1.29, 1.82) is 0 Å². The molecule has 0 fully saturated rings. The van der Waals surface area contributed by atoms with E-state index in [9.17, 15) is 13.6 Å². The number of amides is 1. The lowest BCUT2D eigenvalue weighted by Crippen LogP contribution is -2.16. The van der Waals surface area contributed by atoms with Crippen molar-refractivity contribution in [1.82, 2.24) is 9.97 Å². The zero-order valence-corrected chi connectivity index (χ0v) is 9.58. The van der Waals surface area contributed by atoms with E-state index in [1.807, 2.05) is 0 Å². The molecule has 1 aromatic heterocycles. The highest BCUT2D eigenvalue weighted by Crippen LogP contribution is 2.15. The molecule has 2 rings (SSSR count). The van der Waals surface area contributed by atoms with E-state index in [0.717, 1.165) is 18.5 Å². The van der Waals surface area contributed by atoms with E-state index in [0.29, 0.717) is 0 Å². The van der Waals surface area contributed by atoms with E-state index >= 15 is 0 Å². The third kappa shape index (κ3) is 2.60. The van der Waals surface area contributed by atoms with Crippen molar-refractivity contribution in [2.45, 2.75) is 0 Å². The van der Waals surface area contributed by atoms with Crippen LogP contribution in [-0.4, -0.2) is 15.9 Å². The van der Waals surface area contributed by atoms with E-state index in [4.69, 9.17) is 11.6 Å². The van der Waals surface area contributed by atoms with E-state index in [1.165, 1.54) is 12.1 Å². The Balaban J connectivity index is 2.28. The quantitative estimate of drug-likeness (QED) is 0.853. The van der Waals surface area contributed by atoms with Crippen LogP contribution in [0.15, 0.2) is 30.6 Å². The number of aromatic nitrogens is 2. The number of nitrogens with one attached hydrogen (secondary N) is 1.